The zero-order valence-corrected chi connectivity index (χ0v) is 11.3. The number of phenols is 1. The van der Waals surface area contributed by atoms with Gasteiger partial charge in [0.1, 0.15) is 5.82 Å². The zero-order chi connectivity index (χ0) is 13.7. The van der Waals surface area contributed by atoms with Gasteiger partial charge in [-0.2, -0.15) is 0 Å². The van der Waals surface area contributed by atoms with Crippen LogP contribution in [0, 0.1) is 0 Å². The number of aryl methyl sites for hydroxylation is 1. The summed E-state index contributed by atoms with van der Waals surface area (Å²) in [6.45, 7) is 1.41. The number of phenolic OH excluding ortho intramolecular Hbond substituents is 1. The second-order valence-electron chi connectivity index (χ2n) is 4.35. The van der Waals surface area contributed by atoms with E-state index in [2.05, 4.69) is 10.3 Å². The van der Waals surface area contributed by atoms with Crippen molar-refractivity contribution in [3.63, 3.8) is 0 Å². The maximum absolute atomic E-state index is 9.93. The number of methoxy groups -OCH3 is 1. The van der Waals surface area contributed by atoms with Gasteiger partial charge in [-0.15, -0.1) is 0 Å². The Morgan fingerprint density at radius 2 is 2.26 bits per heavy atom. The third-order valence-electron chi connectivity index (χ3n) is 3.06. The summed E-state index contributed by atoms with van der Waals surface area (Å²) in [5, 5.41) is 13.2. The van der Waals surface area contributed by atoms with Gasteiger partial charge in [-0.05, 0) is 6.07 Å². The monoisotopic (exact) mass is 261 g/mol. The van der Waals surface area contributed by atoms with E-state index in [1.54, 1.807) is 19.4 Å². The van der Waals surface area contributed by atoms with Crippen molar-refractivity contribution in [3.8, 4) is 11.5 Å². The molecule has 1 aromatic carbocycles. The topological polar surface area (TPSA) is 59.3 Å². The molecule has 5 heteroatoms. The molecular weight excluding hydrogens is 242 g/mol. The number of hydrogen-bond donors (Lipinski definition) is 2. The lowest BCUT2D eigenvalue weighted by Gasteiger charge is -2.09. The summed E-state index contributed by atoms with van der Waals surface area (Å²) < 4.78 is 7.08. The van der Waals surface area contributed by atoms with E-state index in [4.69, 9.17) is 4.74 Å². The van der Waals surface area contributed by atoms with Crippen LogP contribution in [-0.2, 0) is 20.0 Å². The Kier molecular flexibility index (Phi) is 4.41. The summed E-state index contributed by atoms with van der Waals surface area (Å²) in [5.41, 5.74) is 0.833. The average Bonchev–Trinajstić information content (AvgIpc) is 2.82. The van der Waals surface area contributed by atoms with E-state index >= 15 is 0 Å². The minimum atomic E-state index is 0.203. The minimum absolute atomic E-state index is 0.203. The lowest BCUT2D eigenvalue weighted by Crippen LogP contribution is -2.18. The Labute approximate surface area is 112 Å². The summed E-state index contributed by atoms with van der Waals surface area (Å²) in [7, 11) is 3.53. The van der Waals surface area contributed by atoms with Crippen LogP contribution in [0.2, 0.25) is 0 Å². The van der Waals surface area contributed by atoms with Crippen molar-refractivity contribution < 1.29 is 9.84 Å². The number of aromatic hydroxyl groups is 1. The van der Waals surface area contributed by atoms with Crippen LogP contribution in [0.15, 0.2) is 30.6 Å². The summed E-state index contributed by atoms with van der Waals surface area (Å²) in [4.78, 5) is 4.26. The molecule has 0 atom stereocenters. The van der Waals surface area contributed by atoms with Gasteiger partial charge in [-0.3, -0.25) is 0 Å². The number of benzene rings is 1. The highest BCUT2D eigenvalue weighted by Gasteiger charge is 2.06. The van der Waals surface area contributed by atoms with Crippen LogP contribution in [0.4, 0.5) is 0 Å². The number of rotatable bonds is 6. The second kappa shape index (κ2) is 6.24. The Bertz CT molecular complexity index is 537. The van der Waals surface area contributed by atoms with Crippen LogP contribution in [0.5, 0.6) is 11.5 Å². The third kappa shape index (κ3) is 3.26. The van der Waals surface area contributed by atoms with Crippen LogP contribution >= 0.6 is 0 Å². The van der Waals surface area contributed by atoms with Crippen molar-refractivity contribution in [2.75, 3.05) is 13.7 Å². The second-order valence-corrected chi connectivity index (χ2v) is 4.35. The SMILES string of the molecule is COc1cccc(CNCCc2nccn2C)c1O. The molecule has 102 valence electrons. The van der Waals surface area contributed by atoms with Crippen LogP contribution in [0.3, 0.4) is 0 Å². The van der Waals surface area contributed by atoms with Crippen LogP contribution in [0.25, 0.3) is 0 Å². The van der Waals surface area contributed by atoms with E-state index in [1.165, 1.54) is 0 Å². The molecule has 0 aliphatic carbocycles. The molecule has 0 saturated carbocycles. The third-order valence-corrected chi connectivity index (χ3v) is 3.06. The average molecular weight is 261 g/mol. The van der Waals surface area contributed by atoms with Gasteiger partial charge in [0.15, 0.2) is 11.5 Å². The molecule has 1 aromatic heterocycles. The Morgan fingerprint density at radius 1 is 1.42 bits per heavy atom. The number of para-hydroxylation sites is 1. The summed E-state index contributed by atoms with van der Waals surface area (Å²) in [6.07, 6.45) is 4.58. The molecule has 0 spiro atoms. The predicted octanol–water partition coefficient (Wildman–Crippen LogP) is 1.47. The van der Waals surface area contributed by atoms with Crippen molar-refractivity contribution >= 4 is 0 Å². The highest BCUT2D eigenvalue weighted by atomic mass is 16.5. The molecule has 2 N–H and O–H groups in total. The maximum Gasteiger partial charge on any atom is 0.162 e. The minimum Gasteiger partial charge on any atom is -0.504 e. The fourth-order valence-corrected chi connectivity index (χ4v) is 1.94. The van der Waals surface area contributed by atoms with Gasteiger partial charge < -0.3 is 19.7 Å². The first-order valence-electron chi connectivity index (χ1n) is 6.24. The molecule has 2 aromatic rings. The van der Waals surface area contributed by atoms with Crippen molar-refractivity contribution in [2.45, 2.75) is 13.0 Å². The highest BCUT2D eigenvalue weighted by molar-refractivity contribution is 5.45. The van der Waals surface area contributed by atoms with E-state index in [9.17, 15) is 5.11 Å². The van der Waals surface area contributed by atoms with Gasteiger partial charge in [0.25, 0.3) is 0 Å². The Balaban J connectivity index is 1.85. The molecule has 0 unspecified atom stereocenters. The molecule has 0 amide bonds. The quantitative estimate of drug-likeness (QED) is 0.773. The Hall–Kier alpha value is -2.01. The molecule has 1 heterocycles. The molecule has 2 rings (SSSR count). The first-order valence-corrected chi connectivity index (χ1v) is 6.24. The maximum atomic E-state index is 9.93. The van der Waals surface area contributed by atoms with Crippen molar-refractivity contribution in [3.05, 3.63) is 42.0 Å². The molecule has 0 radical (unpaired) electrons. The molecule has 5 nitrogen and oxygen atoms in total. The summed E-state index contributed by atoms with van der Waals surface area (Å²) in [5.74, 6) is 1.75. The molecule has 0 saturated heterocycles. The fraction of sp³-hybridized carbons (Fsp3) is 0.357. The molecule has 0 bridgehead atoms. The van der Waals surface area contributed by atoms with Crippen LogP contribution < -0.4 is 10.1 Å². The number of nitrogens with one attached hydrogen (secondary N) is 1. The standard InChI is InChI=1S/C14H19N3O2/c1-17-9-8-16-13(17)6-7-15-10-11-4-3-5-12(19-2)14(11)18/h3-5,8-9,15,18H,6-7,10H2,1-2H3. The van der Waals surface area contributed by atoms with Crippen molar-refractivity contribution in [1.82, 2.24) is 14.9 Å². The summed E-state index contributed by atoms with van der Waals surface area (Å²) >= 11 is 0. The lowest BCUT2D eigenvalue weighted by molar-refractivity contribution is 0.369. The predicted molar refractivity (Wildman–Crippen MR) is 73.3 cm³/mol. The van der Waals surface area contributed by atoms with E-state index in [-0.39, 0.29) is 5.75 Å². The van der Waals surface area contributed by atoms with Gasteiger partial charge in [-0.1, -0.05) is 12.1 Å². The molecule has 0 aliphatic rings. The van der Waals surface area contributed by atoms with Crippen LogP contribution in [0.1, 0.15) is 11.4 Å². The lowest BCUT2D eigenvalue weighted by atomic mass is 10.2. The van der Waals surface area contributed by atoms with Crippen molar-refractivity contribution in [1.29, 1.82) is 0 Å². The largest absolute Gasteiger partial charge is 0.504 e. The number of aromatic nitrogens is 2. The Morgan fingerprint density at radius 3 is 2.95 bits per heavy atom. The molecular formula is C14H19N3O2. The van der Waals surface area contributed by atoms with Crippen molar-refractivity contribution in [2.24, 2.45) is 7.05 Å². The van der Waals surface area contributed by atoms with E-state index in [1.807, 2.05) is 29.9 Å². The first kappa shape index (κ1) is 13.4. The van der Waals surface area contributed by atoms with Gasteiger partial charge in [0.05, 0.1) is 7.11 Å². The number of ether oxygens (including phenoxy) is 1. The summed E-state index contributed by atoms with van der Waals surface area (Å²) in [6, 6.07) is 5.49. The normalized spacial score (nSPS) is 10.6. The molecule has 19 heavy (non-hydrogen) atoms. The number of imidazole rings is 1. The first-order chi connectivity index (χ1) is 9.22. The zero-order valence-electron chi connectivity index (χ0n) is 11.3. The van der Waals surface area contributed by atoms with E-state index in [0.717, 1.165) is 24.4 Å². The van der Waals surface area contributed by atoms with Gasteiger partial charge in [-0.25, -0.2) is 4.98 Å². The number of hydrogen-bond acceptors (Lipinski definition) is 4. The van der Waals surface area contributed by atoms with Gasteiger partial charge >= 0.3 is 0 Å². The van der Waals surface area contributed by atoms with E-state index in [0.29, 0.717) is 12.3 Å². The van der Waals surface area contributed by atoms with Gasteiger partial charge in [0.2, 0.25) is 0 Å². The smallest absolute Gasteiger partial charge is 0.162 e. The van der Waals surface area contributed by atoms with Gasteiger partial charge in [0, 0.05) is 44.5 Å². The molecule has 0 aliphatic heterocycles. The highest BCUT2D eigenvalue weighted by Crippen LogP contribution is 2.28. The fourth-order valence-electron chi connectivity index (χ4n) is 1.94. The van der Waals surface area contributed by atoms with E-state index < -0.39 is 0 Å². The molecule has 0 fully saturated rings. The number of nitrogens with zero attached hydrogens (tertiary/aromatic N) is 2. The van der Waals surface area contributed by atoms with Crippen LogP contribution in [-0.4, -0.2) is 28.3 Å².